The van der Waals surface area contributed by atoms with Crippen LogP contribution in [0.5, 0.6) is 0 Å². The van der Waals surface area contributed by atoms with Gasteiger partial charge in [-0.3, -0.25) is 9.78 Å². The van der Waals surface area contributed by atoms with E-state index >= 15 is 0 Å². The molecule has 0 aliphatic rings. The van der Waals surface area contributed by atoms with E-state index < -0.39 is 0 Å². The summed E-state index contributed by atoms with van der Waals surface area (Å²) in [6.45, 7) is 0. The van der Waals surface area contributed by atoms with E-state index in [2.05, 4.69) is 42.2 Å². The molecule has 0 aliphatic heterocycles. The average molecular weight is 356 g/mol. The van der Waals surface area contributed by atoms with Gasteiger partial charge in [-0.05, 0) is 40.2 Å². The van der Waals surface area contributed by atoms with Gasteiger partial charge in [-0.15, -0.1) is 0 Å². The van der Waals surface area contributed by atoms with Crippen LogP contribution in [0.1, 0.15) is 10.4 Å². The van der Waals surface area contributed by atoms with Crippen LogP contribution in [0.4, 0.5) is 5.69 Å². The molecule has 0 spiro atoms. The van der Waals surface area contributed by atoms with Gasteiger partial charge in [-0.25, -0.2) is 0 Å². The molecular formula is C12H8Br2N2O. The summed E-state index contributed by atoms with van der Waals surface area (Å²) < 4.78 is 1.70. The largest absolute Gasteiger partial charge is 0.322 e. The molecule has 1 heterocycles. The van der Waals surface area contributed by atoms with Crippen molar-refractivity contribution in [3.8, 4) is 0 Å². The highest BCUT2D eigenvalue weighted by molar-refractivity contribution is 9.10. The van der Waals surface area contributed by atoms with Gasteiger partial charge in [0.05, 0.1) is 5.56 Å². The topological polar surface area (TPSA) is 42.0 Å². The SMILES string of the molecule is O=C(Nc1cccc(Br)c1)c1cncc(Br)c1. The number of nitrogens with one attached hydrogen (secondary N) is 1. The molecule has 1 aromatic carbocycles. The van der Waals surface area contributed by atoms with Crippen LogP contribution in [0, 0.1) is 0 Å². The van der Waals surface area contributed by atoms with E-state index in [1.165, 1.54) is 6.20 Å². The van der Waals surface area contributed by atoms with Crippen LogP contribution in [0.15, 0.2) is 51.7 Å². The number of halogens is 2. The summed E-state index contributed by atoms with van der Waals surface area (Å²) in [5.41, 5.74) is 1.25. The van der Waals surface area contributed by atoms with Crippen molar-refractivity contribution in [2.75, 3.05) is 5.32 Å². The van der Waals surface area contributed by atoms with E-state index in [1.807, 2.05) is 24.3 Å². The molecule has 17 heavy (non-hydrogen) atoms. The van der Waals surface area contributed by atoms with Gasteiger partial charge < -0.3 is 5.32 Å². The van der Waals surface area contributed by atoms with Crippen LogP contribution in [0.25, 0.3) is 0 Å². The first-order valence-electron chi connectivity index (χ1n) is 4.82. The van der Waals surface area contributed by atoms with Crippen molar-refractivity contribution in [1.82, 2.24) is 4.98 Å². The maximum Gasteiger partial charge on any atom is 0.257 e. The Morgan fingerprint density at radius 1 is 1.12 bits per heavy atom. The Labute approximate surface area is 116 Å². The second-order valence-corrected chi connectivity index (χ2v) is 5.19. The number of amides is 1. The lowest BCUT2D eigenvalue weighted by molar-refractivity contribution is 0.102. The summed E-state index contributed by atoms with van der Waals surface area (Å²) in [5.74, 6) is -0.183. The highest BCUT2D eigenvalue weighted by Gasteiger charge is 2.06. The third kappa shape index (κ3) is 3.38. The van der Waals surface area contributed by atoms with Crippen molar-refractivity contribution >= 4 is 43.5 Å². The predicted molar refractivity (Wildman–Crippen MR) is 74.0 cm³/mol. The molecule has 2 rings (SSSR count). The smallest absolute Gasteiger partial charge is 0.257 e. The highest BCUT2D eigenvalue weighted by atomic mass is 79.9. The van der Waals surface area contributed by atoms with Gasteiger partial charge in [0.25, 0.3) is 5.91 Å². The maximum atomic E-state index is 11.9. The molecule has 5 heteroatoms. The molecule has 0 atom stereocenters. The number of carbonyl (C=O) groups excluding carboxylic acids is 1. The van der Waals surface area contributed by atoms with E-state index in [9.17, 15) is 4.79 Å². The normalized spacial score (nSPS) is 10.0. The van der Waals surface area contributed by atoms with Crippen molar-refractivity contribution in [1.29, 1.82) is 0 Å². The third-order valence-electron chi connectivity index (χ3n) is 2.05. The fraction of sp³-hybridized carbons (Fsp3) is 0. The Morgan fingerprint density at radius 2 is 1.94 bits per heavy atom. The Morgan fingerprint density at radius 3 is 2.65 bits per heavy atom. The van der Waals surface area contributed by atoms with E-state index in [1.54, 1.807) is 12.3 Å². The first-order valence-corrected chi connectivity index (χ1v) is 6.41. The summed E-state index contributed by atoms with van der Waals surface area (Å²) in [6, 6.07) is 9.15. The van der Waals surface area contributed by atoms with Gasteiger partial charge >= 0.3 is 0 Å². The molecule has 0 fully saturated rings. The Balaban J connectivity index is 2.17. The number of nitrogens with zero attached hydrogens (tertiary/aromatic N) is 1. The third-order valence-corrected chi connectivity index (χ3v) is 2.98. The molecule has 0 unspecified atom stereocenters. The maximum absolute atomic E-state index is 11.9. The van der Waals surface area contributed by atoms with Crippen molar-refractivity contribution in [3.05, 3.63) is 57.2 Å². The van der Waals surface area contributed by atoms with Gasteiger partial charge in [-0.1, -0.05) is 22.0 Å². The summed E-state index contributed by atoms with van der Waals surface area (Å²) in [5, 5.41) is 2.80. The van der Waals surface area contributed by atoms with Crippen LogP contribution in [-0.2, 0) is 0 Å². The van der Waals surface area contributed by atoms with Crippen LogP contribution < -0.4 is 5.32 Å². The zero-order chi connectivity index (χ0) is 12.3. The zero-order valence-corrected chi connectivity index (χ0v) is 11.8. The van der Waals surface area contributed by atoms with Gasteiger partial charge in [0.1, 0.15) is 0 Å². The summed E-state index contributed by atoms with van der Waals surface area (Å²) in [4.78, 5) is 15.8. The van der Waals surface area contributed by atoms with E-state index in [0.29, 0.717) is 5.56 Å². The summed E-state index contributed by atoms with van der Waals surface area (Å²) in [6.07, 6.45) is 3.16. The lowest BCUT2D eigenvalue weighted by Crippen LogP contribution is -2.12. The number of anilines is 1. The quantitative estimate of drug-likeness (QED) is 0.888. The monoisotopic (exact) mass is 354 g/mol. The molecule has 1 aromatic heterocycles. The molecular weight excluding hydrogens is 348 g/mol. The van der Waals surface area contributed by atoms with Crippen molar-refractivity contribution < 1.29 is 4.79 Å². The number of carbonyl (C=O) groups is 1. The molecule has 3 nitrogen and oxygen atoms in total. The molecule has 0 bridgehead atoms. The molecule has 86 valence electrons. The number of aromatic nitrogens is 1. The highest BCUT2D eigenvalue weighted by Crippen LogP contribution is 2.17. The summed E-state index contributed by atoms with van der Waals surface area (Å²) >= 11 is 6.63. The first-order chi connectivity index (χ1) is 8.15. The Kier molecular flexibility index (Phi) is 3.91. The van der Waals surface area contributed by atoms with Gasteiger partial charge in [0.2, 0.25) is 0 Å². The van der Waals surface area contributed by atoms with Crippen molar-refractivity contribution in [3.63, 3.8) is 0 Å². The van der Waals surface area contributed by atoms with Crippen LogP contribution in [-0.4, -0.2) is 10.9 Å². The van der Waals surface area contributed by atoms with Crippen molar-refractivity contribution in [2.45, 2.75) is 0 Å². The number of pyridine rings is 1. The van der Waals surface area contributed by atoms with Crippen LogP contribution >= 0.6 is 31.9 Å². The fourth-order valence-corrected chi connectivity index (χ4v) is 2.07. The average Bonchev–Trinajstić information content (AvgIpc) is 2.29. The second kappa shape index (κ2) is 5.42. The Hall–Kier alpha value is -1.20. The minimum atomic E-state index is -0.183. The number of rotatable bonds is 2. The van der Waals surface area contributed by atoms with E-state index in [0.717, 1.165) is 14.6 Å². The molecule has 1 amide bonds. The molecule has 0 radical (unpaired) electrons. The fourth-order valence-electron chi connectivity index (χ4n) is 1.31. The second-order valence-electron chi connectivity index (χ2n) is 3.36. The summed E-state index contributed by atoms with van der Waals surface area (Å²) in [7, 11) is 0. The lowest BCUT2D eigenvalue weighted by atomic mass is 10.2. The minimum Gasteiger partial charge on any atom is -0.322 e. The minimum absolute atomic E-state index is 0.183. The standard InChI is InChI=1S/C12H8Br2N2O/c13-9-2-1-3-11(5-9)16-12(17)8-4-10(14)7-15-6-8/h1-7H,(H,16,17). The van der Waals surface area contributed by atoms with E-state index in [4.69, 9.17) is 0 Å². The van der Waals surface area contributed by atoms with Crippen LogP contribution in [0.3, 0.4) is 0 Å². The van der Waals surface area contributed by atoms with Crippen LogP contribution in [0.2, 0.25) is 0 Å². The van der Waals surface area contributed by atoms with Gasteiger partial charge in [0.15, 0.2) is 0 Å². The molecule has 2 aromatic rings. The first kappa shape index (κ1) is 12.3. The molecule has 0 saturated carbocycles. The number of benzene rings is 1. The number of hydrogen-bond acceptors (Lipinski definition) is 2. The number of hydrogen-bond donors (Lipinski definition) is 1. The molecule has 0 saturated heterocycles. The van der Waals surface area contributed by atoms with Gasteiger partial charge in [0, 0.05) is 27.0 Å². The lowest BCUT2D eigenvalue weighted by Gasteiger charge is -2.05. The van der Waals surface area contributed by atoms with Crippen molar-refractivity contribution in [2.24, 2.45) is 0 Å². The van der Waals surface area contributed by atoms with Gasteiger partial charge in [-0.2, -0.15) is 0 Å². The molecule has 1 N–H and O–H groups in total. The predicted octanol–water partition coefficient (Wildman–Crippen LogP) is 3.86. The Bertz CT molecular complexity index is 558. The zero-order valence-electron chi connectivity index (χ0n) is 8.65. The van der Waals surface area contributed by atoms with E-state index in [-0.39, 0.29) is 5.91 Å². The molecule has 0 aliphatic carbocycles.